The van der Waals surface area contributed by atoms with Gasteiger partial charge in [-0.15, -0.1) is 0 Å². The number of nitrogens with one attached hydrogen (secondary N) is 2. The molecule has 3 atom stereocenters. The summed E-state index contributed by atoms with van der Waals surface area (Å²) in [6.07, 6.45) is 4.18. The first kappa shape index (κ1) is 7.30. The molecule has 0 aromatic carbocycles. The molecule has 2 N–H and O–H groups in total. The van der Waals surface area contributed by atoms with Crippen molar-refractivity contribution in [2.45, 2.75) is 37.4 Å². The molecule has 3 fully saturated rings. The quantitative estimate of drug-likeness (QED) is 0.520. The molecular weight excluding hydrogens is 150 g/mol. The van der Waals surface area contributed by atoms with Gasteiger partial charge in [0, 0.05) is 37.9 Å². The monoisotopic (exact) mass is 167 g/mol. The van der Waals surface area contributed by atoms with Crippen LogP contribution < -0.4 is 10.6 Å². The molecule has 0 aromatic rings. The fourth-order valence-corrected chi connectivity index (χ4v) is 3.10. The van der Waals surface area contributed by atoms with Crippen LogP contribution in [-0.4, -0.2) is 42.8 Å². The standard InChI is InChI=1S/C9H17N3/c1-2-7-9-8(3-1)11-6-12(9)5-4-10-7/h7-11H,1-6H2. The summed E-state index contributed by atoms with van der Waals surface area (Å²) in [7, 11) is 0. The maximum atomic E-state index is 3.64. The van der Waals surface area contributed by atoms with Crippen molar-refractivity contribution < 1.29 is 0 Å². The van der Waals surface area contributed by atoms with E-state index in [1.54, 1.807) is 0 Å². The van der Waals surface area contributed by atoms with Gasteiger partial charge >= 0.3 is 0 Å². The average Bonchev–Trinajstić information content (AvgIpc) is 2.52. The maximum absolute atomic E-state index is 3.64. The highest BCUT2D eigenvalue weighted by Crippen LogP contribution is 2.28. The summed E-state index contributed by atoms with van der Waals surface area (Å²) in [6, 6.07) is 2.39. The lowest BCUT2D eigenvalue weighted by molar-refractivity contribution is 0.127. The Labute approximate surface area is 73.5 Å². The highest BCUT2D eigenvalue weighted by Gasteiger charge is 2.42. The minimum atomic E-state index is 0.785. The van der Waals surface area contributed by atoms with Gasteiger partial charge < -0.3 is 5.32 Å². The van der Waals surface area contributed by atoms with Crippen molar-refractivity contribution in [2.75, 3.05) is 19.8 Å². The van der Waals surface area contributed by atoms with Crippen LogP contribution in [0.15, 0.2) is 0 Å². The van der Waals surface area contributed by atoms with E-state index in [0.29, 0.717) is 0 Å². The Hall–Kier alpha value is -0.120. The van der Waals surface area contributed by atoms with E-state index in [9.17, 15) is 0 Å². The Kier molecular flexibility index (Phi) is 1.63. The van der Waals surface area contributed by atoms with E-state index in [2.05, 4.69) is 15.5 Å². The SMILES string of the molecule is C1CC2NCCN3CNC(C1)C23. The third kappa shape index (κ3) is 0.934. The van der Waals surface area contributed by atoms with Gasteiger partial charge in [-0.3, -0.25) is 10.2 Å². The molecule has 2 heterocycles. The summed E-state index contributed by atoms with van der Waals surface area (Å²) in [5, 5.41) is 7.26. The molecule has 2 saturated heterocycles. The van der Waals surface area contributed by atoms with Crippen LogP contribution in [0, 0.1) is 0 Å². The molecule has 2 aliphatic heterocycles. The molecular formula is C9H17N3. The van der Waals surface area contributed by atoms with Crippen LogP contribution in [0.1, 0.15) is 19.3 Å². The molecule has 0 amide bonds. The van der Waals surface area contributed by atoms with Crippen LogP contribution in [0.3, 0.4) is 0 Å². The molecule has 0 spiro atoms. The first-order chi connectivity index (χ1) is 5.95. The number of nitrogens with zero attached hydrogens (tertiary/aromatic N) is 1. The highest BCUT2D eigenvalue weighted by atomic mass is 15.4. The van der Waals surface area contributed by atoms with Gasteiger partial charge in [0.25, 0.3) is 0 Å². The van der Waals surface area contributed by atoms with Gasteiger partial charge in [-0.1, -0.05) is 6.42 Å². The van der Waals surface area contributed by atoms with E-state index in [1.165, 1.54) is 32.4 Å². The van der Waals surface area contributed by atoms with E-state index in [1.807, 2.05) is 0 Å². The Morgan fingerprint density at radius 2 is 1.92 bits per heavy atom. The maximum Gasteiger partial charge on any atom is 0.0487 e. The van der Waals surface area contributed by atoms with Crippen LogP contribution in [0.25, 0.3) is 0 Å². The molecule has 3 aliphatic rings. The Morgan fingerprint density at radius 3 is 2.83 bits per heavy atom. The third-order valence-corrected chi connectivity index (χ3v) is 3.64. The molecule has 1 saturated carbocycles. The van der Waals surface area contributed by atoms with Gasteiger partial charge in [-0.25, -0.2) is 0 Å². The minimum absolute atomic E-state index is 0.785. The average molecular weight is 167 g/mol. The smallest absolute Gasteiger partial charge is 0.0487 e. The summed E-state index contributed by atoms with van der Waals surface area (Å²) in [5.74, 6) is 0. The summed E-state index contributed by atoms with van der Waals surface area (Å²) < 4.78 is 0. The van der Waals surface area contributed by atoms with Crippen molar-refractivity contribution in [3.05, 3.63) is 0 Å². The Morgan fingerprint density at radius 1 is 1.08 bits per heavy atom. The molecule has 0 aromatic heterocycles. The second-order valence-corrected chi connectivity index (χ2v) is 4.26. The molecule has 3 heteroatoms. The van der Waals surface area contributed by atoms with Crippen molar-refractivity contribution in [3.63, 3.8) is 0 Å². The van der Waals surface area contributed by atoms with E-state index in [0.717, 1.165) is 24.8 Å². The second-order valence-electron chi connectivity index (χ2n) is 4.26. The molecule has 0 bridgehead atoms. The van der Waals surface area contributed by atoms with Crippen LogP contribution in [0.4, 0.5) is 0 Å². The molecule has 3 unspecified atom stereocenters. The van der Waals surface area contributed by atoms with Crippen LogP contribution >= 0.6 is 0 Å². The van der Waals surface area contributed by atoms with E-state index >= 15 is 0 Å². The van der Waals surface area contributed by atoms with E-state index in [-0.39, 0.29) is 0 Å². The Balaban J connectivity index is 1.84. The largest absolute Gasteiger partial charge is 0.311 e. The normalized spacial score (nSPS) is 47.5. The number of hydrogen-bond donors (Lipinski definition) is 2. The van der Waals surface area contributed by atoms with Crippen molar-refractivity contribution in [1.82, 2.24) is 15.5 Å². The van der Waals surface area contributed by atoms with Crippen molar-refractivity contribution >= 4 is 0 Å². The minimum Gasteiger partial charge on any atom is -0.311 e. The molecule has 0 radical (unpaired) electrons. The molecule has 1 aliphatic carbocycles. The first-order valence-corrected chi connectivity index (χ1v) is 5.16. The van der Waals surface area contributed by atoms with Gasteiger partial charge in [-0.05, 0) is 12.8 Å². The van der Waals surface area contributed by atoms with Crippen molar-refractivity contribution in [1.29, 1.82) is 0 Å². The van der Waals surface area contributed by atoms with Crippen LogP contribution in [0.2, 0.25) is 0 Å². The lowest BCUT2D eigenvalue weighted by atomic mass is 9.85. The fourth-order valence-electron chi connectivity index (χ4n) is 3.10. The summed E-state index contributed by atoms with van der Waals surface area (Å²) in [5.41, 5.74) is 0. The van der Waals surface area contributed by atoms with E-state index < -0.39 is 0 Å². The molecule has 3 nitrogen and oxygen atoms in total. The second kappa shape index (κ2) is 2.69. The van der Waals surface area contributed by atoms with E-state index in [4.69, 9.17) is 0 Å². The highest BCUT2D eigenvalue weighted by molar-refractivity contribution is 5.03. The zero-order valence-electron chi connectivity index (χ0n) is 7.42. The molecule has 68 valence electrons. The number of rotatable bonds is 0. The predicted octanol–water partition coefficient (Wildman–Crippen LogP) is -0.258. The Bertz CT molecular complexity index is 165. The van der Waals surface area contributed by atoms with Gasteiger partial charge in [0.15, 0.2) is 0 Å². The summed E-state index contributed by atoms with van der Waals surface area (Å²) in [6.45, 7) is 3.56. The lowest BCUT2D eigenvalue weighted by Gasteiger charge is -2.42. The molecule has 12 heavy (non-hydrogen) atoms. The zero-order chi connectivity index (χ0) is 7.97. The third-order valence-electron chi connectivity index (χ3n) is 3.64. The summed E-state index contributed by atoms with van der Waals surface area (Å²) >= 11 is 0. The topological polar surface area (TPSA) is 27.3 Å². The summed E-state index contributed by atoms with van der Waals surface area (Å²) in [4.78, 5) is 2.62. The van der Waals surface area contributed by atoms with Crippen molar-refractivity contribution in [3.8, 4) is 0 Å². The molecule has 3 rings (SSSR count). The van der Waals surface area contributed by atoms with Gasteiger partial charge in [0.1, 0.15) is 0 Å². The number of piperazine rings is 1. The zero-order valence-corrected chi connectivity index (χ0v) is 7.42. The van der Waals surface area contributed by atoms with Gasteiger partial charge in [0.2, 0.25) is 0 Å². The first-order valence-electron chi connectivity index (χ1n) is 5.16. The van der Waals surface area contributed by atoms with Gasteiger partial charge in [0.05, 0.1) is 0 Å². The van der Waals surface area contributed by atoms with Crippen molar-refractivity contribution in [2.24, 2.45) is 0 Å². The lowest BCUT2D eigenvalue weighted by Crippen LogP contribution is -2.60. The predicted molar refractivity (Wildman–Crippen MR) is 47.9 cm³/mol. The van der Waals surface area contributed by atoms with Gasteiger partial charge in [-0.2, -0.15) is 0 Å². The number of hydrogen-bond acceptors (Lipinski definition) is 3. The van der Waals surface area contributed by atoms with Crippen LogP contribution in [-0.2, 0) is 0 Å². The van der Waals surface area contributed by atoms with Crippen LogP contribution in [0.5, 0.6) is 0 Å². The fraction of sp³-hybridized carbons (Fsp3) is 1.00.